The summed E-state index contributed by atoms with van der Waals surface area (Å²) in [7, 11) is 0. The van der Waals surface area contributed by atoms with Gasteiger partial charge >= 0.3 is 0 Å². The number of imidazole rings is 1. The van der Waals surface area contributed by atoms with Crippen LogP contribution in [-0.2, 0) is 0 Å². The molecule has 0 bridgehead atoms. The lowest BCUT2D eigenvalue weighted by Crippen LogP contribution is -1.69. The van der Waals surface area contributed by atoms with Crippen LogP contribution in [0.15, 0.2) is 363 Å². The molecule has 5 N–H and O–H groups in total. The fraction of sp³-hybridized carbons (Fsp3) is 0.359. The molecule has 1 aliphatic rings. The van der Waals surface area contributed by atoms with Gasteiger partial charge in [0, 0.05) is 132 Å². The Morgan fingerprint density at radius 3 is 1.08 bits per heavy atom. The van der Waals surface area contributed by atoms with Gasteiger partial charge in [-0.05, 0) is 140 Å². The molecule has 0 aliphatic carbocycles. The Bertz CT molecular complexity index is 2980. The Morgan fingerprint density at radius 1 is 0.309 bits per heavy atom. The highest BCUT2D eigenvalue weighted by Crippen LogP contribution is 2.19. The van der Waals surface area contributed by atoms with Crippen LogP contribution in [-0.4, -0.2) is 107 Å². The van der Waals surface area contributed by atoms with Gasteiger partial charge in [-0.1, -0.05) is 263 Å². The van der Waals surface area contributed by atoms with Crippen LogP contribution in [0.4, 0.5) is 0 Å². The Labute approximate surface area is 763 Å². The largest absolute Gasteiger partial charge is 0.473 e. The zero-order valence-corrected chi connectivity index (χ0v) is 84.4. The number of fused-ring (bicyclic) bond motifs is 2. The van der Waals surface area contributed by atoms with Crippen molar-refractivity contribution in [3.05, 3.63) is 333 Å². The lowest BCUT2D eigenvalue weighted by molar-refractivity contribution is 0.420. The first kappa shape index (κ1) is 143. The van der Waals surface area contributed by atoms with E-state index in [2.05, 4.69) is 165 Å². The SMILES string of the molecule is C1N=NN=N1.CC.CC.CC.CC.CC.CC.CC.CC.CC.CC.CC.CC.CC.CC.CC.CC.c1c[nH]cn1.c1cc2cn[nH]c2s1.c1cc[nH]c1.c1ccc2sccc2c1.c1ccncc1.c1ccnnc1.c1ccoc1.c1ccsc1.c1cn[nH]c1.c1cnccn1.c1cncnc1.c1cnoc1.c1cnsc1.c1cscn1.c1nc[nH]n1. The fourth-order valence-corrected chi connectivity index (χ4v) is 7.31. The number of nitrogens with one attached hydrogen (secondary N) is 5. The molecule has 688 valence electrons. The van der Waals surface area contributed by atoms with Gasteiger partial charge in [0.15, 0.2) is 6.67 Å². The van der Waals surface area contributed by atoms with Gasteiger partial charge in [-0.25, -0.2) is 24.3 Å². The highest BCUT2D eigenvalue weighted by Gasteiger charge is 1.91. The van der Waals surface area contributed by atoms with Crippen molar-refractivity contribution >= 4 is 77.2 Å². The number of thiophene rings is 3. The van der Waals surface area contributed by atoms with E-state index in [4.69, 9.17) is 0 Å². The predicted molar refractivity (Wildman–Crippen MR) is 540 cm³/mol. The van der Waals surface area contributed by atoms with Crippen molar-refractivity contribution < 1.29 is 8.94 Å². The third-order valence-electron chi connectivity index (χ3n) is 8.26. The maximum Gasteiger partial charge on any atom is 0.175 e. The van der Waals surface area contributed by atoms with Crippen LogP contribution in [0.5, 0.6) is 0 Å². The van der Waals surface area contributed by atoms with E-state index in [1.165, 1.54) is 52.2 Å². The predicted octanol–water partition coefficient (Wildman–Crippen LogP) is 31.9. The number of aromatic amines is 5. The normalized spacial score (nSPS) is 7.41. The van der Waals surface area contributed by atoms with Crippen molar-refractivity contribution in [1.29, 1.82) is 0 Å². The van der Waals surface area contributed by atoms with Gasteiger partial charge in [-0.2, -0.15) is 36.8 Å². The Balaban J connectivity index is -0.0000000842. The number of H-pyrrole nitrogens is 5. The van der Waals surface area contributed by atoms with E-state index < -0.39 is 0 Å². The quantitative estimate of drug-likeness (QED) is 0.0941. The summed E-state index contributed by atoms with van der Waals surface area (Å²) in [6, 6.07) is 40.8. The van der Waals surface area contributed by atoms with Crippen molar-refractivity contribution in [2.45, 2.75) is 222 Å². The summed E-state index contributed by atoms with van der Waals surface area (Å²) in [5, 5.41) is 57.1. The number of rotatable bonds is 0. The molecular weight excluding hydrogens is 1630 g/mol. The van der Waals surface area contributed by atoms with Gasteiger partial charge in [0.2, 0.25) is 0 Å². The third-order valence-corrected chi connectivity index (χ3v) is 11.7. The van der Waals surface area contributed by atoms with E-state index in [1.54, 1.807) is 187 Å². The number of furan rings is 1. The highest BCUT2D eigenvalue weighted by atomic mass is 32.1. The first-order valence-electron chi connectivity index (χ1n) is 42.1. The van der Waals surface area contributed by atoms with Crippen LogP contribution in [0.2, 0.25) is 0 Å². The van der Waals surface area contributed by atoms with E-state index >= 15 is 0 Å². The van der Waals surface area contributed by atoms with Crippen molar-refractivity contribution in [3.63, 3.8) is 0 Å². The summed E-state index contributed by atoms with van der Waals surface area (Å²) < 4.78 is 14.1. The molecule has 0 radical (unpaired) electrons. The van der Waals surface area contributed by atoms with E-state index in [-0.39, 0.29) is 0 Å². The van der Waals surface area contributed by atoms with Gasteiger partial charge in [0.05, 0.1) is 36.8 Å². The van der Waals surface area contributed by atoms with Crippen LogP contribution in [0, 0.1) is 0 Å². The summed E-state index contributed by atoms with van der Waals surface area (Å²) in [4.78, 5) is 36.3. The molecule has 17 aromatic rings. The van der Waals surface area contributed by atoms with Crippen LogP contribution < -0.4 is 0 Å². The van der Waals surface area contributed by atoms with Crippen molar-refractivity contribution in [1.82, 2.24) is 100 Å². The van der Waals surface area contributed by atoms with Crippen molar-refractivity contribution in [2.24, 2.45) is 20.7 Å². The van der Waals surface area contributed by atoms with E-state index in [1.807, 2.05) is 352 Å². The van der Waals surface area contributed by atoms with Gasteiger partial charge in [-0.3, -0.25) is 35.2 Å². The molecule has 18 rings (SSSR count). The number of pyridine rings is 1. The number of aromatic nitrogens is 20. The van der Waals surface area contributed by atoms with Gasteiger partial charge < -0.3 is 18.9 Å². The molecule has 123 heavy (non-hydrogen) atoms. The second-order valence-corrected chi connectivity index (χ2v) is 18.7. The first-order valence-corrected chi connectivity index (χ1v) is 46.6. The molecule has 1 aliphatic heterocycles. The van der Waals surface area contributed by atoms with Crippen molar-refractivity contribution in [2.75, 3.05) is 6.67 Å². The third kappa shape index (κ3) is 142. The molecule has 16 aromatic heterocycles. The molecule has 0 spiro atoms. The number of hydrogen-bond acceptors (Lipinski definition) is 26. The van der Waals surface area contributed by atoms with Gasteiger partial charge in [-0.15, -0.1) is 44.2 Å². The number of benzene rings is 1. The summed E-state index contributed by atoms with van der Waals surface area (Å²) in [5.41, 5.74) is 1.79. The first-order chi connectivity index (χ1) is 61.4. The standard InChI is InChI=1S/C8H6S.C5H4N2S.C5H5N.3C4H4N2.C4H5N.C4H4O.C4H4S.2C3H4N2.C3H3NO.2C3H3NS.C2H3N3.16C2H6.CH2N4/c1-2-4-8-7(3-1)5-6-9-8;1-2-8-5-4(1)3-6-7-5;1-2-4-6-5-3-1;1-2-6-4-3-5-1;1-2-5-4-6-3-1;1-2-4-6-5-3-1;3*1-2-4-5-3-1;1-2-5-3-4-1;2*1-2-4-5-3-1;1-2-5-3-4-1;1-2-4-5-3-1;1-3-2-5-4-1;16*1-2;1-2-4-5-3-1/h1-6H;1-3H,(H,6,7);1-5H;3*1-4H;1-5H;2*1-4H;2*1-3H,(H,4,5);3*1-3H;1-2H,(H,3,4,5);16*1-2H3;1H2. The minimum atomic E-state index is 0.417. The molecule has 17 heterocycles. The molecule has 26 nitrogen and oxygen atoms in total. The summed E-state index contributed by atoms with van der Waals surface area (Å²) in [5.74, 6) is 0. The molecule has 0 atom stereocenters. The number of hydrogen-bond donors (Lipinski definition) is 5. The maximum atomic E-state index is 4.58. The molecule has 0 saturated carbocycles. The van der Waals surface area contributed by atoms with Crippen LogP contribution in [0.1, 0.15) is 222 Å². The summed E-state index contributed by atoms with van der Waals surface area (Å²) >= 11 is 8.24. The van der Waals surface area contributed by atoms with Gasteiger partial charge in [0.1, 0.15) is 30.1 Å². The Kier molecular flexibility index (Phi) is 201. The molecule has 0 amide bonds. The van der Waals surface area contributed by atoms with E-state index in [9.17, 15) is 0 Å². The minimum absolute atomic E-state index is 0.417. The minimum Gasteiger partial charge on any atom is -0.473 e. The Morgan fingerprint density at radius 2 is 0.846 bits per heavy atom. The van der Waals surface area contributed by atoms with Crippen LogP contribution >= 0.6 is 56.9 Å². The van der Waals surface area contributed by atoms with E-state index in [0.29, 0.717) is 6.67 Å². The average molecular weight is 1790 g/mol. The summed E-state index contributed by atoms with van der Waals surface area (Å²) in [6.07, 6.45) is 45.2. The molecule has 0 fully saturated rings. The fourth-order valence-electron chi connectivity index (χ4n) is 4.65. The molecule has 1 aromatic carbocycles. The average Bonchev–Trinajstić information content (AvgIpc) is 1.74. The monoisotopic (exact) mass is 1790 g/mol. The van der Waals surface area contributed by atoms with Gasteiger partial charge in [0.25, 0.3) is 0 Å². The number of thiazole rings is 1. The molecular formula is C92H158N24O2S5. The second-order valence-electron chi connectivity index (χ2n) is 14.6. The number of nitrogens with zero attached hydrogens (tertiary/aromatic N) is 19. The molecule has 31 heteroatoms. The lowest BCUT2D eigenvalue weighted by atomic mass is 10.3. The smallest absolute Gasteiger partial charge is 0.175 e. The summed E-state index contributed by atoms with van der Waals surface area (Å²) in [6.45, 7) is 64.4. The Hall–Kier alpha value is -11.8. The molecule has 0 saturated heterocycles. The zero-order valence-electron chi connectivity index (χ0n) is 80.3. The second kappa shape index (κ2) is 173. The lowest BCUT2D eigenvalue weighted by Gasteiger charge is -1.82. The van der Waals surface area contributed by atoms with Crippen LogP contribution in [0.25, 0.3) is 20.3 Å². The topological polar surface area (TPSA) is 348 Å². The molecule has 0 unspecified atom stereocenters. The maximum absolute atomic E-state index is 4.58. The zero-order chi connectivity index (χ0) is 95.8. The van der Waals surface area contributed by atoms with E-state index in [0.717, 1.165) is 4.83 Å². The van der Waals surface area contributed by atoms with Crippen molar-refractivity contribution in [3.8, 4) is 0 Å². The van der Waals surface area contributed by atoms with Crippen LogP contribution in [0.3, 0.4) is 0 Å². The highest BCUT2D eigenvalue weighted by molar-refractivity contribution is 7.17.